The van der Waals surface area contributed by atoms with E-state index in [0.717, 1.165) is 30.0 Å². The Labute approximate surface area is 99.3 Å². The van der Waals surface area contributed by atoms with Gasteiger partial charge in [0.05, 0.1) is 12.7 Å². The number of halogens is 1. The van der Waals surface area contributed by atoms with E-state index in [1.54, 1.807) is 12.4 Å². The van der Waals surface area contributed by atoms with Gasteiger partial charge >= 0.3 is 0 Å². The van der Waals surface area contributed by atoms with Crippen LogP contribution in [-0.2, 0) is 6.54 Å². The molecular weight excluding hydrogens is 226 g/mol. The number of hydrazine groups is 1. The Morgan fingerprint density at radius 3 is 2.88 bits per heavy atom. The molecule has 2 aromatic rings. The summed E-state index contributed by atoms with van der Waals surface area (Å²) in [6.45, 7) is 1.79. The van der Waals surface area contributed by atoms with Crippen LogP contribution in [0, 0.1) is 0 Å². The summed E-state index contributed by atoms with van der Waals surface area (Å²) >= 11 is 0. The second-order valence-electron chi connectivity index (χ2n) is 3.42. The smallest absolute Gasteiger partial charge is 0.146 e. The minimum atomic E-state index is 0. The summed E-state index contributed by atoms with van der Waals surface area (Å²) in [4.78, 5) is 4.00. The number of aromatic nitrogens is 3. The van der Waals surface area contributed by atoms with Gasteiger partial charge in [0, 0.05) is 24.5 Å². The highest BCUT2D eigenvalue weighted by atomic mass is 35.5. The van der Waals surface area contributed by atoms with E-state index in [1.807, 2.05) is 23.0 Å². The largest absolute Gasteiger partial charge is 0.305 e. The Morgan fingerprint density at radius 1 is 1.25 bits per heavy atom. The Kier molecular flexibility index (Phi) is 3.07. The summed E-state index contributed by atoms with van der Waals surface area (Å²) in [7, 11) is 0. The Balaban J connectivity index is 0.000000963. The maximum absolute atomic E-state index is 4.33. The zero-order chi connectivity index (χ0) is 10.1. The van der Waals surface area contributed by atoms with Gasteiger partial charge in [0.25, 0.3) is 0 Å². The third-order valence-electron chi connectivity index (χ3n) is 2.49. The van der Waals surface area contributed by atoms with Crippen molar-refractivity contribution in [1.82, 2.24) is 20.2 Å². The van der Waals surface area contributed by atoms with Crippen LogP contribution < -0.4 is 10.9 Å². The molecule has 0 bridgehead atoms. The molecule has 2 N–H and O–H groups in total. The lowest BCUT2D eigenvalue weighted by Crippen LogP contribution is -2.33. The monoisotopic (exact) mass is 237 g/mol. The van der Waals surface area contributed by atoms with Crippen molar-refractivity contribution in [2.24, 2.45) is 0 Å². The van der Waals surface area contributed by atoms with Crippen molar-refractivity contribution in [2.45, 2.75) is 6.54 Å². The molecule has 0 amide bonds. The molecule has 5 nitrogen and oxygen atoms in total. The second kappa shape index (κ2) is 4.51. The molecule has 16 heavy (non-hydrogen) atoms. The van der Waals surface area contributed by atoms with Crippen molar-refractivity contribution >= 4 is 18.2 Å². The zero-order valence-corrected chi connectivity index (χ0v) is 9.37. The van der Waals surface area contributed by atoms with Gasteiger partial charge in [-0.05, 0) is 17.7 Å². The van der Waals surface area contributed by atoms with Gasteiger partial charge in [0.15, 0.2) is 0 Å². The first-order valence-electron chi connectivity index (χ1n) is 4.90. The van der Waals surface area contributed by atoms with Crippen LogP contribution in [0.5, 0.6) is 0 Å². The molecule has 0 saturated carbocycles. The SMILES string of the molecule is Cl.c1cc(-c2cnn3c2NNCC3)ccn1. The fourth-order valence-corrected chi connectivity index (χ4v) is 1.74. The van der Waals surface area contributed by atoms with Crippen LogP contribution in [0.4, 0.5) is 5.82 Å². The molecule has 0 saturated heterocycles. The summed E-state index contributed by atoms with van der Waals surface area (Å²) in [6.07, 6.45) is 5.45. The minimum Gasteiger partial charge on any atom is -0.305 e. The van der Waals surface area contributed by atoms with Gasteiger partial charge in [-0.1, -0.05) is 0 Å². The van der Waals surface area contributed by atoms with Gasteiger partial charge in [-0.3, -0.25) is 4.98 Å². The number of pyridine rings is 1. The molecule has 0 atom stereocenters. The second-order valence-corrected chi connectivity index (χ2v) is 3.42. The average Bonchev–Trinajstić information content (AvgIpc) is 2.74. The zero-order valence-electron chi connectivity index (χ0n) is 8.55. The molecular formula is C10H12ClN5. The predicted octanol–water partition coefficient (Wildman–Crippen LogP) is 1.30. The van der Waals surface area contributed by atoms with E-state index in [1.165, 1.54) is 0 Å². The van der Waals surface area contributed by atoms with Crippen LogP contribution in [-0.4, -0.2) is 21.3 Å². The summed E-state index contributed by atoms with van der Waals surface area (Å²) in [6, 6.07) is 3.96. The molecule has 1 aliphatic heterocycles. The predicted molar refractivity (Wildman–Crippen MR) is 64.3 cm³/mol. The van der Waals surface area contributed by atoms with Crippen LogP contribution in [0.15, 0.2) is 30.7 Å². The van der Waals surface area contributed by atoms with Gasteiger partial charge in [0.1, 0.15) is 5.82 Å². The lowest BCUT2D eigenvalue weighted by Gasteiger charge is -2.18. The van der Waals surface area contributed by atoms with Crippen LogP contribution in [0.1, 0.15) is 0 Å². The van der Waals surface area contributed by atoms with Gasteiger partial charge in [-0.25, -0.2) is 10.1 Å². The first-order chi connectivity index (χ1) is 7.45. The number of nitrogens with zero attached hydrogens (tertiary/aromatic N) is 3. The fourth-order valence-electron chi connectivity index (χ4n) is 1.74. The maximum Gasteiger partial charge on any atom is 0.146 e. The summed E-state index contributed by atoms with van der Waals surface area (Å²) in [5.74, 6) is 1.02. The van der Waals surface area contributed by atoms with Crippen molar-refractivity contribution in [1.29, 1.82) is 0 Å². The minimum absolute atomic E-state index is 0. The molecule has 0 fully saturated rings. The van der Waals surface area contributed by atoms with E-state index in [0.29, 0.717) is 0 Å². The van der Waals surface area contributed by atoms with Crippen LogP contribution in [0.25, 0.3) is 11.1 Å². The highest BCUT2D eigenvalue weighted by Crippen LogP contribution is 2.27. The molecule has 0 aliphatic carbocycles. The average molecular weight is 238 g/mol. The normalized spacial score (nSPS) is 13.5. The topological polar surface area (TPSA) is 54.8 Å². The van der Waals surface area contributed by atoms with Crippen LogP contribution in [0.2, 0.25) is 0 Å². The Hall–Kier alpha value is -1.59. The van der Waals surface area contributed by atoms with Gasteiger partial charge in [-0.2, -0.15) is 5.10 Å². The summed E-state index contributed by atoms with van der Waals surface area (Å²) in [5, 5.41) is 4.33. The molecule has 0 unspecified atom stereocenters. The highest BCUT2D eigenvalue weighted by molar-refractivity contribution is 5.85. The third kappa shape index (κ3) is 1.75. The fraction of sp³-hybridized carbons (Fsp3) is 0.200. The number of fused-ring (bicyclic) bond motifs is 1. The number of hydrogen-bond acceptors (Lipinski definition) is 4. The van der Waals surface area contributed by atoms with E-state index in [-0.39, 0.29) is 12.4 Å². The Bertz CT molecular complexity index is 467. The van der Waals surface area contributed by atoms with Crippen molar-refractivity contribution < 1.29 is 0 Å². The number of nitrogens with one attached hydrogen (secondary N) is 2. The Morgan fingerprint density at radius 2 is 2.06 bits per heavy atom. The highest BCUT2D eigenvalue weighted by Gasteiger charge is 2.14. The maximum atomic E-state index is 4.33. The molecule has 3 heterocycles. The van der Waals surface area contributed by atoms with E-state index in [9.17, 15) is 0 Å². The molecule has 2 aromatic heterocycles. The molecule has 0 spiro atoms. The molecule has 1 aliphatic rings. The van der Waals surface area contributed by atoms with E-state index in [4.69, 9.17) is 0 Å². The number of anilines is 1. The molecule has 3 rings (SSSR count). The van der Waals surface area contributed by atoms with Crippen molar-refractivity contribution in [3.63, 3.8) is 0 Å². The van der Waals surface area contributed by atoms with E-state index in [2.05, 4.69) is 20.9 Å². The molecule has 0 radical (unpaired) electrons. The first kappa shape index (κ1) is 10.9. The molecule has 0 aromatic carbocycles. The van der Waals surface area contributed by atoms with Crippen LogP contribution >= 0.6 is 12.4 Å². The summed E-state index contributed by atoms with van der Waals surface area (Å²) in [5.41, 5.74) is 8.48. The number of hydrogen-bond donors (Lipinski definition) is 2. The van der Waals surface area contributed by atoms with Gasteiger partial charge in [0.2, 0.25) is 0 Å². The van der Waals surface area contributed by atoms with Crippen LogP contribution in [0.3, 0.4) is 0 Å². The van der Waals surface area contributed by atoms with Crippen molar-refractivity contribution in [2.75, 3.05) is 12.0 Å². The molecule has 6 heteroatoms. The van der Waals surface area contributed by atoms with E-state index < -0.39 is 0 Å². The third-order valence-corrected chi connectivity index (χ3v) is 2.49. The quantitative estimate of drug-likeness (QED) is 0.785. The van der Waals surface area contributed by atoms with Crippen molar-refractivity contribution in [3.8, 4) is 11.1 Å². The lowest BCUT2D eigenvalue weighted by atomic mass is 10.1. The number of rotatable bonds is 1. The van der Waals surface area contributed by atoms with E-state index >= 15 is 0 Å². The molecule has 84 valence electrons. The van der Waals surface area contributed by atoms with Gasteiger partial charge < -0.3 is 5.43 Å². The van der Waals surface area contributed by atoms with Crippen molar-refractivity contribution in [3.05, 3.63) is 30.7 Å². The summed E-state index contributed by atoms with van der Waals surface area (Å²) < 4.78 is 1.96. The van der Waals surface area contributed by atoms with Gasteiger partial charge in [-0.15, -0.1) is 12.4 Å². The first-order valence-corrected chi connectivity index (χ1v) is 4.90. The lowest BCUT2D eigenvalue weighted by molar-refractivity contribution is 0.546. The standard InChI is InChI=1S/C10H11N5.ClH/c1-3-11-4-2-8(1)9-7-13-15-6-5-12-14-10(9)15;/h1-4,7,12,14H,5-6H2;1H.